The predicted molar refractivity (Wildman–Crippen MR) is 73.8 cm³/mol. The van der Waals surface area contributed by atoms with E-state index in [4.69, 9.17) is 5.11 Å². The third-order valence-electron chi connectivity index (χ3n) is 3.30. The second-order valence-electron chi connectivity index (χ2n) is 5.08. The predicted octanol–water partition coefficient (Wildman–Crippen LogP) is 1.74. The van der Waals surface area contributed by atoms with E-state index in [9.17, 15) is 14.7 Å². The van der Waals surface area contributed by atoms with Crippen LogP contribution in [0.1, 0.15) is 12.8 Å². The molecular weight excluding hydrogens is 260 g/mol. The van der Waals surface area contributed by atoms with E-state index in [1.54, 1.807) is 19.2 Å². The molecule has 1 aromatic rings. The van der Waals surface area contributed by atoms with E-state index in [2.05, 4.69) is 0 Å². The van der Waals surface area contributed by atoms with Crippen LogP contribution in [0, 0.1) is 5.92 Å². The van der Waals surface area contributed by atoms with Crippen molar-refractivity contribution in [2.75, 3.05) is 25.0 Å². The maximum Gasteiger partial charge on any atom is 0.324 e. The summed E-state index contributed by atoms with van der Waals surface area (Å²) in [5.41, 5.74) is 0.610. The molecule has 0 aromatic heterocycles. The first-order valence-corrected chi connectivity index (χ1v) is 6.51. The molecule has 0 unspecified atom stereocenters. The number of anilines is 1. The molecule has 0 saturated heterocycles. The van der Waals surface area contributed by atoms with Crippen LogP contribution < -0.4 is 4.90 Å². The fourth-order valence-electron chi connectivity index (χ4n) is 1.98. The molecule has 6 nitrogen and oxygen atoms in total. The largest absolute Gasteiger partial charge is 0.508 e. The monoisotopic (exact) mass is 278 g/mol. The van der Waals surface area contributed by atoms with Crippen molar-refractivity contribution < 1.29 is 19.8 Å². The third kappa shape index (κ3) is 3.63. The van der Waals surface area contributed by atoms with Gasteiger partial charge < -0.3 is 15.1 Å². The molecule has 0 radical (unpaired) electrons. The van der Waals surface area contributed by atoms with Gasteiger partial charge in [-0.1, -0.05) is 0 Å². The van der Waals surface area contributed by atoms with Gasteiger partial charge in [-0.3, -0.25) is 9.69 Å². The number of hydrogen-bond donors (Lipinski definition) is 2. The van der Waals surface area contributed by atoms with Gasteiger partial charge in [0.1, 0.15) is 12.3 Å². The van der Waals surface area contributed by atoms with Gasteiger partial charge in [-0.25, -0.2) is 4.79 Å². The zero-order valence-corrected chi connectivity index (χ0v) is 11.3. The summed E-state index contributed by atoms with van der Waals surface area (Å²) >= 11 is 0. The van der Waals surface area contributed by atoms with Crippen molar-refractivity contribution >= 4 is 17.7 Å². The van der Waals surface area contributed by atoms with Gasteiger partial charge in [-0.05, 0) is 43.0 Å². The number of phenolic OH excluding ortho intramolecular Hbond substituents is 1. The molecule has 0 spiro atoms. The number of hydrogen-bond acceptors (Lipinski definition) is 3. The van der Waals surface area contributed by atoms with Crippen LogP contribution in [0.25, 0.3) is 0 Å². The molecule has 0 bridgehead atoms. The molecule has 0 aliphatic heterocycles. The maximum atomic E-state index is 12.4. The van der Waals surface area contributed by atoms with Crippen LogP contribution in [0.2, 0.25) is 0 Å². The molecule has 20 heavy (non-hydrogen) atoms. The summed E-state index contributed by atoms with van der Waals surface area (Å²) in [6.07, 6.45) is 2.10. The standard InChI is InChI=1S/C14H18N2O4/c1-15(11-4-6-12(17)7-5-11)14(20)16(9-13(18)19)8-10-2-3-10/h4-7,10,17H,2-3,8-9H2,1H3,(H,18,19). The highest BCUT2D eigenvalue weighted by atomic mass is 16.4. The Hall–Kier alpha value is -2.24. The van der Waals surface area contributed by atoms with Crippen LogP contribution in [0.4, 0.5) is 10.5 Å². The van der Waals surface area contributed by atoms with Crippen molar-refractivity contribution in [1.82, 2.24) is 4.90 Å². The Kier molecular flexibility index (Phi) is 4.12. The molecule has 2 N–H and O–H groups in total. The summed E-state index contributed by atoms with van der Waals surface area (Å²) in [5, 5.41) is 18.2. The molecule has 0 heterocycles. The number of carboxylic acid groups (broad SMARTS) is 1. The van der Waals surface area contributed by atoms with E-state index in [1.165, 1.54) is 21.9 Å². The van der Waals surface area contributed by atoms with Gasteiger partial charge >= 0.3 is 12.0 Å². The lowest BCUT2D eigenvalue weighted by atomic mass is 10.3. The van der Waals surface area contributed by atoms with Crippen LogP contribution in [0.15, 0.2) is 24.3 Å². The van der Waals surface area contributed by atoms with Gasteiger partial charge in [0.15, 0.2) is 0 Å². The van der Waals surface area contributed by atoms with Crippen LogP contribution in [0.5, 0.6) is 5.75 Å². The van der Waals surface area contributed by atoms with E-state index in [0.717, 1.165) is 12.8 Å². The lowest BCUT2D eigenvalue weighted by molar-refractivity contribution is -0.137. The Morgan fingerprint density at radius 2 is 1.85 bits per heavy atom. The topological polar surface area (TPSA) is 81.1 Å². The third-order valence-corrected chi connectivity index (χ3v) is 3.30. The van der Waals surface area contributed by atoms with Crippen molar-refractivity contribution in [2.24, 2.45) is 5.92 Å². The Labute approximate surface area is 117 Å². The molecule has 2 rings (SSSR count). The van der Waals surface area contributed by atoms with Gasteiger partial charge in [-0.2, -0.15) is 0 Å². The quantitative estimate of drug-likeness (QED) is 0.859. The highest BCUT2D eigenvalue weighted by molar-refractivity contribution is 5.93. The molecule has 1 fully saturated rings. The molecule has 1 aromatic carbocycles. The number of amides is 2. The summed E-state index contributed by atoms with van der Waals surface area (Å²) in [7, 11) is 1.59. The first-order valence-electron chi connectivity index (χ1n) is 6.51. The van der Waals surface area contributed by atoms with Gasteiger partial charge in [-0.15, -0.1) is 0 Å². The summed E-state index contributed by atoms with van der Waals surface area (Å²) in [5.74, 6) is -0.473. The highest BCUT2D eigenvalue weighted by Crippen LogP contribution is 2.30. The fourth-order valence-corrected chi connectivity index (χ4v) is 1.98. The first-order chi connectivity index (χ1) is 9.47. The van der Waals surface area contributed by atoms with Gasteiger partial charge in [0.05, 0.1) is 0 Å². The minimum Gasteiger partial charge on any atom is -0.508 e. The number of carboxylic acids is 1. The van der Waals surface area contributed by atoms with Gasteiger partial charge in [0.2, 0.25) is 0 Å². The number of nitrogens with zero attached hydrogens (tertiary/aromatic N) is 2. The number of carbonyl (C=O) groups is 2. The molecule has 1 saturated carbocycles. The van der Waals surface area contributed by atoms with Crippen molar-refractivity contribution in [3.63, 3.8) is 0 Å². The Morgan fingerprint density at radius 3 is 2.35 bits per heavy atom. The second kappa shape index (κ2) is 5.81. The van der Waals surface area contributed by atoms with Crippen LogP contribution >= 0.6 is 0 Å². The molecule has 6 heteroatoms. The van der Waals surface area contributed by atoms with Crippen LogP contribution in [0.3, 0.4) is 0 Å². The van der Waals surface area contributed by atoms with Crippen molar-refractivity contribution in [3.8, 4) is 5.75 Å². The number of benzene rings is 1. The number of aliphatic carboxylic acids is 1. The average molecular weight is 278 g/mol. The van der Waals surface area contributed by atoms with Crippen molar-refractivity contribution in [3.05, 3.63) is 24.3 Å². The fraction of sp³-hybridized carbons (Fsp3) is 0.429. The number of urea groups is 1. The second-order valence-corrected chi connectivity index (χ2v) is 5.08. The highest BCUT2D eigenvalue weighted by Gasteiger charge is 2.29. The minimum absolute atomic E-state index is 0.120. The van der Waals surface area contributed by atoms with Crippen molar-refractivity contribution in [1.29, 1.82) is 0 Å². The lowest BCUT2D eigenvalue weighted by Gasteiger charge is -2.27. The number of carbonyl (C=O) groups excluding carboxylic acids is 1. The van der Waals surface area contributed by atoms with Crippen LogP contribution in [-0.2, 0) is 4.79 Å². The van der Waals surface area contributed by atoms with E-state index >= 15 is 0 Å². The lowest BCUT2D eigenvalue weighted by Crippen LogP contribution is -2.44. The summed E-state index contributed by atoms with van der Waals surface area (Å²) in [6.45, 7) is 0.186. The Morgan fingerprint density at radius 1 is 1.25 bits per heavy atom. The Bertz CT molecular complexity index is 496. The molecule has 1 aliphatic rings. The normalized spacial score (nSPS) is 13.8. The van der Waals surface area contributed by atoms with Crippen molar-refractivity contribution in [2.45, 2.75) is 12.8 Å². The van der Waals surface area contributed by atoms with E-state index in [1.807, 2.05) is 0 Å². The van der Waals surface area contributed by atoms with E-state index < -0.39 is 5.97 Å². The number of phenols is 1. The Balaban J connectivity index is 2.08. The van der Waals surface area contributed by atoms with E-state index in [0.29, 0.717) is 18.2 Å². The number of aromatic hydroxyl groups is 1. The smallest absolute Gasteiger partial charge is 0.324 e. The summed E-state index contributed by atoms with van der Waals surface area (Å²) < 4.78 is 0. The van der Waals surface area contributed by atoms with Crippen LogP contribution in [-0.4, -0.2) is 47.3 Å². The average Bonchev–Trinajstić information content (AvgIpc) is 3.20. The SMILES string of the molecule is CN(C(=O)N(CC(=O)O)CC1CC1)c1ccc(O)cc1. The molecule has 1 aliphatic carbocycles. The zero-order valence-electron chi connectivity index (χ0n) is 11.3. The van der Waals surface area contributed by atoms with Gasteiger partial charge in [0.25, 0.3) is 0 Å². The first kappa shape index (κ1) is 14.2. The molecule has 2 amide bonds. The number of rotatable bonds is 5. The maximum absolute atomic E-state index is 12.4. The molecule has 0 atom stereocenters. The zero-order chi connectivity index (χ0) is 14.7. The molecule has 108 valence electrons. The minimum atomic E-state index is -1.02. The van der Waals surface area contributed by atoms with E-state index in [-0.39, 0.29) is 18.3 Å². The summed E-state index contributed by atoms with van der Waals surface area (Å²) in [6, 6.07) is 5.86. The summed E-state index contributed by atoms with van der Waals surface area (Å²) in [4.78, 5) is 26.0. The molecular formula is C14H18N2O4. The van der Waals surface area contributed by atoms with Gasteiger partial charge in [0, 0.05) is 19.3 Å².